The van der Waals surface area contributed by atoms with Crippen LogP contribution in [-0.2, 0) is 10.6 Å². The van der Waals surface area contributed by atoms with Crippen molar-refractivity contribution in [1.82, 2.24) is 0 Å². The Morgan fingerprint density at radius 3 is 2.67 bits per heavy atom. The highest BCUT2D eigenvalue weighted by molar-refractivity contribution is 6.17. The summed E-state index contributed by atoms with van der Waals surface area (Å²) in [5, 5.41) is 0. The van der Waals surface area contributed by atoms with Crippen LogP contribution in [0.3, 0.4) is 0 Å². The van der Waals surface area contributed by atoms with Crippen molar-refractivity contribution in [3.63, 3.8) is 0 Å². The van der Waals surface area contributed by atoms with E-state index in [0.717, 1.165) is 19.5 Å². The summed E-state index contributed by atoms with van der Waals surface area (Å²) in [6.07, 6.45) is 1.51. The lowest BCUT2D eigenvalue weighted by atomic mass is 10.2. The summed E-state index contributed by atoms with van der Waals surface area (Å²) in [6.45, 7) is 2.08. The fraction of sp³-hybridized carbons (Fsp3) is 0.500. The Morgan fingerprint density at radius 2 is 2.13 bits per heavy atom. The van der Waals surface area contributed by atoms with Gasteiger partial charge in [0.05, 0.1) is 6.10 Å². The molecule has 2 nitrogen and oxygen atoms in total. The first-order valence-corrected chi connectivity index (χ1v) is 5.79. The van der Waals surface area contributed by atoms with Crippen LogP contribution in [0.4, 0.5) is 5.69 Å². The molecule has 0 spiro atoms. The van der Waals surface area contributed by atoms with Crippen LogP contribution in [0.2, 0.25) is 0 Å². The molecule has 1 aliphatic rings. The maximum atomic E-state index is 5.75. The van der Waals surface area contributed by atoms with E-state index in [-0.39, 0.29) is 0 Å². The molecule has 1 fully saturated rings. The Balaban J connectivity index is 2.04. The maximum absolute atomic E-state index is 5.75. The van der Waals surface area contributed by atoms with E-state index in [1.165, 1.54) is 11.3 Å². The van der Waals surface area contributed by atoms with Crippen LogP contribution < -0.4 is 4.90 Å². The summed E-state index contributed by atoms with van der Waals surface area (Å²) in [6, 6.07) is 8.44. The predicted molar refractivity (Wildman–Crippen MR) is 63.6 cm³/mol. The molecule has 1 aromatic rings. The first-order valence-electron chi connectivity index (χ1n) is 5.26. The highest BCUT2D eigenvalue weighted by atomic mass is 35.5. The van der Waals surface area contributed by atoms with Gasteiger partial charge in [-0.15, -0.1) is 11.6 Å². The van der Waals surface area contributed by atoms with Crippen molar-refractivity contribution >= 4 is 17.3 Å². The molecule has 0 saturated carbocycles. The summed E-state index contributed by atoms with van der Waals surface area (Å²) in [5.74, 6) is 0.584. The van der Waals surface area contributed by atoms with Crippen molar-refractivity contribution in [2.45, 2.75) is 18.4 Å². The number of nitrogens with zero attached hydrogens (tertiary/aromatic N) is 1. The highest BCUT2D eigenvalue weighted by Gasteiger charge is 2.21. The second kappa shape index (κ2) is 4.86. The average molecular weight is 226 g/mol. The molecule has 0 bridgehead atoms. The zero-order valence-electron chi connectivity index (χ0n) is 8.95. The number of hydrogen-bond donors (Lipinski definition) is 0. The standard InChI is InChI=1S/C12H16ClNO/c1-15-12-6-7-14(9-12)11-4-2-10(8-13)3-5-11/h2-5,12H,6-9H2,1H3. The lowest BCUT2D eigenvalue weighted by molar-refractivity contribution is 0.121. The SMILES string of the molecule is COC1CCN(c2ccc(CCl)cc2)C1. The zero-order chi connectivity index (χ0) is 10.7. The molecule has 1 saturated heterocycles. The number of halogens is 1. The van der Waals surface area contributed by atoms with Gasteiger partial charge in [0.15, 0.2) is 0 Å². The molecule has 2 rings (SSSR count). The minimum Gasteiger partial charge on any atom is -0.380 e. The van der Waals surface area contributed by atoms with E-state index in [0.29, 0.717) is 12.0 Å². The van der Waals surface area contributed by atoms with Gasteiger partial charge in [-0.2, -0.15) is 0 Å². The van der Waals surface area contributed by atoms with Crippen LogP contribution in [0.15, 0.2) is 24.3 Å². The van der Waals surface area contributed by atoms with Gasteiger partial charge < -0.3 is 9.64 Å². The minimum absolute atomic E-state index is 0.387. The largest absolute Gasteiger partial charge is 0.380 e. The molecule has 15 heavy (non-hydrogen) atoms. The van der Waals surface area contributed by atoms with Crippen LogP contribution in [0, 0.1) is 0 Å². The number of rotatable bonds is 3. The van der Waals surface area contributed by atoms with Crippen molar-refractivity contribution in [3.8, 4) is 0 Å². The first-order chi connectivity index (χ1) is 7.33. The third-order valence-electron chi connectivity index (χ3n) is 2.93. The second-order valence-corrected chi connectivity index (χ2v) is 4.16. The molecule has 1 aliphatic heterocycles. The van der Waals surface area contributed by atoms with Crippen molar-refractivity contribution < 1.29 is 4.74 Å². The Morgan fingerprint density at radius 1 is 1.40 bits per heavy atom. The third-order valence-corrected chi connectivity index (χ3v) is 3.24. The van der Waals surface area contributed by atoms with E-state index in [1.807, 2.05) is 0 Å². The molecule has 1 heterocycles. The van der Waals surface area contributed by atoms with Crippen LogP contribution in [0.5, 0.6) is 0 Å². The monoisotopic (exact) mass is 225 g/mol. The number of alkyl halides is 1. The predicted octanol–water partition coefficient (Wildman–Crippen LogP) is 2.65. The topological polar surface area (TPSA) is 12.5 Å². The van der Waals surface area contributed by atoms with E-state index < -0.39 is 0 Å². The quantitative estimate of drug-likeness (QED) is 0.734. The van der Waals surface area contributed by atoms with E-state index in [2.05, 4.69) is 29.2 Å². The number of hydrogen-bond acceptors (Lipinski definition) is 2. The minimum atomic E-state index is 0.387. The molecule has 0 aromatic heterocycles. The van der Waals surface area contributed by atoms with Crippen LogP contribution in [-0.4, -0.2) is 26.3 Å². The van der Waals surface area contributed by atoms with Crippen LogP contribution >= 0.6 is 11.6 Å². The van der Waals surface area contributed by atoms with Gasteiger partial charge in [-0.25, -0.2) is 0 Å². The molecule has 0 aliphatic carbocycles. The summed E-state index contributed by atoms with van der Waals surface area (Å²) in [4.78, 5) is 2.35. The number of benzene rings is 1. The lowest BCUT2D eigenvalue weighted by Gasteiger charge is -2.18. The maximum Gasteiger partial charge on any atom is 0.0762 e. The van der Waals surface area contributed by atoms with Crippen LogP contribution in [0.25, 0.3) is 0 Å². The smallest absolute Gasteiger partial charge is 0.0762 e. The molecular weight excluding hydrogens is 210 g/mol. The zero-order valence-corrected chi connectivity index (χ0v) is 9.70. The van der Waals surface area contributed by atoms with Gasteiger partial charge in [0, 0.05) is 31.8 Å². The van der Waals surface area contributed by atoms with Crippen molar-refractivity contribution in [1.29, 1.82) is 0 Å². The molecule has 3 heteroatoms. The van der Waals surface area contributed by atoms with Crippen molar-refractivity contribution in [2.75, 3.05) is 25.1 Å². The van der Waals surface area contributed by atoms with Gasteiger partial charge in [0.1, 0.15) is 0 Å². The molecule has 0 amide bonds. The van der Waals surface area contributed by atoms with Crippen LogP contribution in [0.1, 0.15) is 12.0 Å². The number of ether oxygens (including phenoxy) is 1. The Kier molecular flexibility index (Phi) is 3.49. The molecule has 82 valence electrons. The summed E-state index contributed by atoms with van der Waals surface area (Å²) < 4.78 is 5.34. The van der Waals surface area contributed by atoms with E-state index in [1.54, 1.807) is 7.11 Å². The van der Waals surface area contributed by atoms with Gasteiger partial charge in [0.2, 0.25) is 0 Å². The summed E-state index contributed by atoms with van der Waals surface area (Å²) in [5.41, 5.74) is 2.44. The number of methoxy groups -OCH3 is 1. The first kappa shape index (κ1) is 10.8. The van der Waals surface area contributed by atoms with E-state index >= 15 is 0 Å². The third kappa shape index (κ3) is 2.44. The summed E-state index contributed by atoms with van der Waals surface area (Å²) >= 11 is 5.75. The lowest BCUT2D eigenvalue weighted by Crippen LogP contribution is -2.21. The molecule has 1 atom stereocenters. The fourth-order valence-corrected chi connectivity index (χ4v) is 2.13. The van der Waals surface area contributed by atoms with E-state index in [4.69, 9.17) is 16.3 Å². The van der Waals surface area contributed by atoms with Gasteiger partial charge in [0.25, 0.3) is 0 Å². The van der Waals surface area contributed by atoms with E-state index in [9.17, 15) is 0 Å². The second-order valence-electron chi connectivity index (χ2n) is 3.89. The fourth-order valence-electron chi connectivity index (χ4n) is 1.95. The molecule has 1 aromatic carbocycles. The van der Waals surface area contributed by atoms with Crippen molar-refractivity contribution in [2.24, 2.45) is 0 Å². The Bertz CT molecular complexity index is 312. The van der Waals surface area contributed by atoms with Gasteiger partial charge in [-0.1, -0.05) is 12.1 Å². The van der Waals surface area contributed by atoms with Gasteiger partial charge >= 0.3 is 0 Å². The normalized spacial score (nSPS) is 20.9. The molecule has 0 N–H and O–H groups in total. The summed E-state index contributed by atoms with van der Waals surface area (Å²) in [7, 11) is 1.78. The van der Waals surface area contributed by atoms with Gasteiger partial charge in [-0.3, -0.25) is 0 Å². The van der Waals surface area contributed by atoms with Crippen molar-refractivity contribution in [3.05, 3.63) is 29.8 Å². The van der Waals surface area contributed by atoms with Gasteiger partial charge in [-0.05, 0) is 24.1 Å². The molecular formula is C12H16ClNO. The average Bonchev–Trinajstić information content (AvgIpc) is 2.78. The molecule has 1 unspecified atom stereocenters. The number of anilines is 1. The Labute approximate surface area is 95.8 Å². The Hall–Kier alpha value is -0.730. The molecule has 0 radical (unpaired) electrons. The highest BCUT2D eigenvalue weighted by Crippen LogP contribution is 2.22.